The van der Waals surface area contributed by atoms with Crippen LogP contribution in [0.2, 0.25) is 0 Å². The molecule has 242 valence electrons. The Morgan fingerprint density at radius 2 is 1.47 bits per heavy atom. The van der Waals surface area contributed by atoms with Crippen LogP contribution in [0.25, 0.3) is 0 Å². The van der Waals surface area contributed by atoms with Crippen molar-refractivity contribution in [3.8, 4) is 0 Å². The maximum Gasteiger partial charge on any atom is 0.317 e. The summed E-state index contributed by atoms with van der Waals surface area (Å²) in [6.07, 6.45) is 8.36. The Morgan fingerprint density at radius 3 is 2.09 bits per heavy atom. The summed E-state index contributed by atoms with van der Waals surface area (Å²) in [5, 5.41) is 0. The van der Waals surface area contributed by atoms with E-state index in [1.54, 1.807) is 18.1 Å². The number of methoxy groups -OCH3 is 2. The van der Waals surface area contributed by atoms with E-state index in [0.717, 1.165) is 51.4 Å². The lowest BCUT2D eigenvalue weighted by Crippen LogP contribution is -2.56. The van der Waals surface area contributed by atoms with Crippen LogP contribution in [0.15, 0.2) is 11.1 Å². The van der Waals surface area contributed by atoms with Crippen molar-refractivity contribution in [2.45, 2.75) is 126 Å². The van der Waals surface area contributed by atoms with Gasteiger partial charge in [0.1, 0.15) is 18.3 Å². The molecule has 9 unspecified atom stereocenters. The van der Waals surface area contributed by atoms with E-state index in [9.17, 15) is 19.2 Å². The number of fused-ring (bicyclic) bond motifs is 4. The van der Waals surface area contributed by atoms with Gasteiger partial charge in [-0.1, -0.05) is 66.5 Å². The molecule has 0 aromatic carbocycles. The zero-order valence-electron chi connectivity index (χ0n) is 28.4. The first-order chi connectivity index (χ1) is 20.0. The van der Waals surface area contributed by atoms with Gasteiger partial charge in [-0.3, -0.25) is 19.2 Å². The molecule has 0 heterocycles. The highest BCUT2D eigenvalue weighted by Crippen LogP contribution is 2.72. The van der Waals surface area contributed by atoms with Gasteiger partial charge in [0.05, 0.1) is 20.1 Å². The molecule has 0 aromatic rings. The van der Waals surface area contributed by atoms with Crippen molar-refractivity contribution in [3.05, 3.63) is 11.1 Å². The van der Waals surface area contributed by atoms with Gasteiger partial charge >= 0.3 is 17.9 Å². The molecule has 2 saturated carbocycles. The van der Waals surface area contributed by atoms with E-state index >= 15 is 0 Å². The van der Waals surface area contributed by atoms with Crippen molar-refractivity contribution < 1.29 is 33.4 Å². The molecule has 2 fully saturated rings. The van der Waals surface area contributed by atoms with Gasteiger partial charge in [0.25, 0.3) is 0 Å². The molecule has 0 aliphatic heterocycles. The molecule has 4 aliphatic carbocycles. The van der Waals surface area contributed by atoms with Crippen molar-refractivity contribution >= 4 is 23.7 Å². The number of esters is 3. The maximum absolute atomic E-state index is 13.3. The van der Waals surface area contributed by atoms with Gasteiger partial charge in [-0.15, -0.1) is 0 Å². The first-order valence-corrected chi connectivity index (χ1v) is 16.6. The summed E-state index contributed by atoms with van der Waals surface area (Å²) in [7, 11) is 2.67. The van der Waals surface area contributed by atoms with Crippen LogP contribution in [-0.4, -0.2) is 44.0 Å². The predicted octanol–water partition coefficient (Wildman–Crippen LogP) is 7.25. The van der Waals surface area contributed by atoms with E-state index in [4.69, 9.17) is 9.47 Å². The molecule has 43 heavy (non-hydrogen) atoms. The van der Waals surface area contributed by atoms with Crippen molar-refractivity contribution in [3.63, 3.8) is 0 Å². The lowest BCUT2D eigenvalue weighted by Gasteiger charge is -2.62. The Bertz CT molecular complexity index is 1170. The fourth-order valence-corrected chi connectivity index (χ4v) is 10.5. The van der Waals surface area contributed by atoms with Crippen LogP contribution in [0.5, 0.6) is 0 Å². The molecule has 0 bridgehead atoms. The molecule has 4 aliphatic rings. The quantitative estimate of drug-likeness (QED) is 0.119. The lowest BCUT2D eigenvalue weighted by atomic mass is 9.43. The Hall–Kier alpha value is -2.18. The highest BCUT2D eigenvalue weighted by atomic mass is 16.6. The number of hydrogen-bond acceptors (Lipinski definition) is 7. The van der Waals surface area contributed by atoms with Gasteiger partial charge in [-0.05, 0) is 85.4 Å². The molecule has 7 heteroatoms. The lowest BCUT2D eigenvalue weighted by molar-refractivity contribution is -0.172. The topological polar surface area (TPSA) is 96.0 Å². The number of carbonyl (C=O) groups excluding carboxylic acids is 4. The van der Waals surface area contributed by atoms with E-state index in [-0.39, 0.29) is 57.8 Å². The summed E-state index contributed by atoms with van der Waals surface area (Å²) in [5.41, 5.74) is 3.42. The molecule has 0 radical (unpaired) electrons. The van der Waals surface area contributed by atoms with Gasteiger partial charge in [0.2, 0.25) is 0 Å². The second-order valence-electron chi connectivity index (χ2n) is 15.7. The molecule has 4 rings (SSSR count). The molecule has 0 N–H and O–H groups in total. The van der Waals surface area contributed by atoms with Gasteiger partial charge in [-0.25, -0.2) is 0 Å². The summed E-state index contributed by atoms with van der Waals surface area (Å²) in [6, 6.07) is 0. The highest BCUT2D eigenvalue weighted by Gasteiger charge is 2.63. The number of ether oxygens (including phenoxy) is 3. The fourth-order valence-electron chi connectivity index (χ4n) is 10.5. The minimum atomic E-state index is -0.562. The predicted molar refractivity (Wildman–Crippen MR) is 165 cm³/mol. The monoisotopic (exact) mass is 600 g/mol. The number of allylic oxidation sites excluding steroid dienone is 2. The van der Waals surface area contributed by atoms with Crippen LogP contribution >= 0.6 is 0 Å². The fraction of sp³-hybridized carbons (Fsp3) is 0.833. The third-order valence-electron chi connectivity index (χ3n) is 13.6. The number of carbonyl (C=O) groups is 4. The maximum atomic E-state index is 13.3. The average Bonchev–Trinajstić information content (AvgIpc) is 3.24. The third-order valence-corrected chi connectivity index (χ3v) is 13.6. The third kappa shape index (κ3) is 5.49. The van der Waals surface area contributed by atoms with Crippen LogP contribution in [0.1, 0.15) is 120 Å². The summed E-state index contributed by atoms with van der Waals surface area (Å²) < 4.78 is 15.5. The summed E-state index contributed by atoms with van der Waals surface area (Å²) in [5.74, 6) is -0.870. The summed E-state index contributed by atoms with van der Waals surface area (Å²) in [4.78, 5) is 49.6. The zero-order chi connectivity index (χ0) is 32.1. The van der Waals surface area contributed by atoms with Crippen LogP contribution in [0.3, 0.4) is 0 Å². The van der Waals surface area contributed by atoms with Gasteiger partial charge < -0.3 is 14.2 Å². The van der Waals surface area contributed by atoms with Gasteiger partial charge in [-0.2, -0.15) is 0 Å². The first-order valence-electron chi connectivity index (χ1n) is 16.6. The van der Waals surface area contributed by atoms with Crippen molar-refractivity contribution in [2.24, 2.45) is 51.2 Å². The molecule has 0 aromatic heterocycles. The van der Waals surface area contributed by atoms with E-state index in [1.807, 2.05) is 6.92 Å². The van der Waals surface area contributed by atoms with Gasteiger partial charge in [0, 0.05) is 17.8 Å². The minimum Gasteiger partial charge on any atom is -0.469 e. The minimum absolute atomic E-state index is 0.0613. The molecular weight excluding hydrogens is 544 g/mol. The van der Waals surface area contributed by atoms with Crippen LogP contribution in [-0.2, 0) is 33.4 Å². The SMILES string of the molecule is COC(=O)CC(=O)OC1CCC2(C)C3=C(CCC2C1(C)C)C1(C)CCC(C(C)CC(=O)C(C)C(C)C(=O)OC)C1(C)CC3. The Morgan fingerprint density at radius 1 is 0.791 bits per heavy atom. The molecule has 9 atom stereocenters. The normalized spacial score (nSPS) is 36.7. The van der Waals surface area contributed by atoms with Crippen molar-refractivity contribution in [1.29, 1.82) is 0 Å². The summed E-state index contributed by atoms with van der Waals surface area (Å²) >= 11 is 0. The van der Waals surface area contributed by atoms with E-state index in [2.05, 4.69) is 46.3 Å². The highest BCUT2D eigenvalue weighted by molar-refractivity contribution is 5.91. The van der Waals surface area contributed by atoms with E-state index < -0.39 is 17.9 Å². The average molecular weight is 601 g/mol. The number of Topliss-reactive ketones (excluding diaryl/α,β-unsaturated/α-hetero) is 1. The van der Waals surface area contributed by atoms with Gasteiger partial charge in [0.15, 0.2) is 0 Å². The number of rotatable bonds is 9. The molecule has 0 saturated heterocycles. The standard InChI is InChI=1S/C36H56O7/c1-21(19-27(37)22(2)23(3)32(40)42-10)24-13-17-36(8)26-11-12-28-33(4,5)29(43-31(39)20-30(38)41-9)15-16-34(28,6)25(26)14-18-35(24,36)7/h21-24,28-29H,11-20H2,1-10H3. The molecule has 7 nitrogen and oxygen atoms in total. The molecule has 0 amide bonds. The van der Waals surface area contributed by atoms with Crippen LogP contribution < -0.4 is 0 Å². The second-order valence-corrected chi connectivity index (χ2v) is 15.7. The molecular formula is C36H56O7. The Labute approximate surface area is 259 Å². The Kier molecular flexibility index (Phi) is 9.38. The number of hydrogen-bond donors (Lipinski definition) is 0. The molecule has 0 spiro atoms. The van der Waals surface area contributed by atoms with E-state index in [1.165, 1.54) is 14.2 Å². The largest absolute Gasteiger partial charge is 0.469 e. The van der Waals surface area contributed by atoms with Crippen LogP contribution in [0.4, 0.5) is 0 Å². The summed E-state index contributed by atoms with van der Waals surface area (Å²) in [6.45, 7) is 17.9. The second kappa shape index (κ2) is 12.0. The zero-order valence-corrected chi connectivity index (χ0v) is 28.4. The first kappa shape index (κ1) is 33.7. The van der Waals surface area contributed by atoms with Crippen molar-refractivity contribution in [1.82, 2.24) is 0 Å². The Balaban J connectivity index is 1.54. The number of ketones is 1. The smallest absolute Gasteiger partial charge is 0.317 e. The van der Waals surface area contributed by atoms with E-state index in [0.29, 0.717) is 18.3 Å². The van der Waals surface area contributed by atoms with Crippen molar-refractivity contribution in [2.75, 3.05) is 14.2 Å². The van der Waals surface area contributed by atoms with Crippen LogP contribution in [0, 0.1) is 51.2 Å².